The number of aliphatic imine (C=N–C) groups is 1. The number of ether oxygens (including phenoxy) is 2. The highest BCUT2D eigenvalue weighted by Gasteiger charge is 2.31. The molecule has 0 radical (unpaired) electrons. The zero-order valence-corrected chi connectivity index (χ0v) is 18.0. The Morgan fingerprint density at radius 2 is 1.78 bits per heavy atom. The van der Waals surface area contributed by atoms with Crippen LogP contribution in [0.2, 0.25) is 0 Å². The molecule has 0 amide bonds. The van der Waals surface area contributed by atoms with E-state index in [1.165, 1.54) is 18.2 Å². The quantitative estimate of drug-likeness (QED) is 0.269. The molecule has 0 saturated carbocycles. The molecule has 154 valence electrons. The first kappa shape index (κ1) is 25.3. The van der Waals surface area contributed by atoms with Crippen LogP contribution in [0.5, 0.6) is 5.75 Å². The minimum Gasteiger partial charge on any atom is -0.459 e. The van der Waals surface area contributed by atoms with Crippen molar-refractivity contribution in [3.05, 3.63) is 29.8 Å². The third-order valence-electron chi connectivity index (χ3n) is 2.77. The van der Waals surface area contributed by atoms with Gasteiger partial charge in [-0.3, -0.25) is 4.79 Å². The highest BCUT2D eigenvalue weighted by molar-refractivity contribution is 14.0. The largest absolute Gasteiger partial charge is 0.573 e. The molecule has 0 aliphatic rings. The number of hydrogen-bond acceptors (Lipinski definition) is 4. The van der Waals surface area contributed by atoms with Crippen molar-refractivity contribution in [3.8, 4) is 5.75 Å². The molecule has 0 aliphatic carbocycles. The van der Waals surface area contributed by atoms with Crippen molar-refractivity contribution >= 4 is 35.9 Å². The average Bonchev–Trinajstić information content (AvgIpc) is 2.48. The summed E-state index contributed by atoms with van der Waals surface area (Å²) in [5.41, 5.74) is -0.346. The van der Waals surface area contributed by atoms with E-state index in [2.05, 4.69) is 20.4 Å². The maximum atomic E-state index is 12.5. The van der Waals surface area contributed by atoms with Crippen LogP contribution in [0, 0.1) is 0 Å². The lowest BCUT2D eigenvalue weighted by atomic mass is 10.2. The first-order valence-corrected chi connectivity index (χ1v) is 8.08. The predicted octanol–water partition coefficient (Wildman–Crippen LogP) is 3.60. The molecule has 27 heavy (non-hydrogen) atoms. The number of nitrogens with zero attached hydrogens (tertiary/aromatic N) is 1. The van der Waals surface area contributed by atoms with Gasteiger partial charge in [-0.25, -0.2) is 4.99 Å². The lowest BCUT2D eigenvalue weighted by Gasteiger charge is -2.20. The molecule has 0 atom stereocenters. The van der Waals surface area contributed by atoms with Crippen molar-refractivity contribution in [1.29, 1.82) is 0 Å². The Morgan fingerprint density at radius 1 is 1.15 bits per heavy atom. The standard InChI is InChI=1S/C17H24F3N3O3.HI/c1-5-21-15(23-11-14(24)26-16(2,3)4)22-10-12-8-6-7-9-13(12)25-17(18,19)20;/h6-9H,5,10-11H2,1-4H3,(H2,21,22,23);1H. The number of hydrogen-bond donors (Lipinski definition) is 2. The van der Waals surface area contributed by atoms with Crippen molar-refractivity contribution in [2.45, 2.75) is 46.2 Å². The van der Waals surface area contributed by atoms with E-state index in [4.69, 9.17) is 4.74 Å². The summed E-state index contributed by atoms with van der Waals surface area (Å²) in [4.78, 5) is 15.9. The summed E-state index contributed by atoms with van der Waals surface area (Å²) in [6.07, 6.45) is -4.78. The fraction of sp³-hybridized carbons (Fsp3) is 0.529. The second kappa shape index (κ2) is 11.2. The summed E-state index contributed by atoms with van der Waals surface area (Å²) in [6.45, 7) is 7.41. The van der Waals surface area contributed by atoms with E-state index in [0.717, 1.165) is 0 Å². The summed E-state index contributed by atoms with van der Waals surface area (Å²) in [7, 11) is 0. The lowest BCUT2D eigenvalue weighted by Crippen LogP contribution is -2.41. The monoisotopic (exact) mass is 503 g/mol. The number of benzene rings is 1. The molecule has 0 bridgehead atoms. The smallest absolute Gasteiger partial charge is 0.459 e. The molecular weight excluding hydrogens is 478 g/mol. The Labute approximate surface area is 173 Å². The zero-order valence-electron chi connectivity index (χ0n) is 15.6. The molecule has 1 aromatic carbocycles. The second-order valence-corrected chi connectivity index (χ2v) is 6.29. The van der Waals surface area contributed by atoms with Crippen molar-refractivity contribution in [3.63, 3.8) is 0 Å². The second-order valence-electron chi connectivity index (χ2n) is 6.29. The third kappa shape index (κ3) is 11.6. The first-order chi connectivity index (χ1) is 12.0. The number of carbonyl (C=O) groups excluding carboxylic acids is 1. The van der Waals surface area contributed by atoms with Crippen LogP contribution in [-0.2, 0) is 16.1 Å². The van der Waals surface area contributed by atoms with Crippen LogP contribution in [0.3, 0.4) is 0 Å². The number of carbonyl (C=O) groups is 1. The van der Waals surface area contributed by atoms with E-state index in [9.17, 15) is 18.0 Å². The highest BCUT2D eigenvalue weighted by Crippen LogP contribution is 2.26. The fourth-order valence-electron chi connectivity index (χ4n) is 1.90. The lowest BCUT2D eigenvalue weighted by molar-refractivity contribution is -0.274. The minimum atomic E-state index is -4.78. The number of nitrogens with one attached hydrogen (secondary N) is 2. The highest BCUT2D eigenvalue weighted by atomic mass is 127. The third-order valence-corrected chi connectivity index (χ3v) is 2.77. The van der Waals surface area contributed by atoms with Gasteiger partial charge in [-0.05, 0) is 33.8 Å². The molecule has 0 aromatic heterocycles. The molecule has 10 heteroatoms. The first-order valence-electron chi connectivity index (χ1n) is 8.08. The van der Waals surface area contributed by atoms with Crippen LogP contribution in [0.15, 0.2) is 29.3 Å². The summed E-state index contributed by atoms with van der Waals surface area (Å²) >= 11 is 0. The predicted molar refractivity (Wildman–Crippen MR) is 107 cm³/mol. The van der Waals surface area contributed by atoms with Gasteiger partial charge in [0, 0.05) is 12.1 Å². The normalized spacial score (nSPS) is 12.0. The zero-order chi connectivity index (χ0) is 19.8. The fourth-order valence-corrected chi connectivity index (χ4v) is 1.90. The number of halogens is 4. The summed E-state index contributed by atoms with van der Waals surface area (Å²) < 4.78 is 46.5. The van der Waals surface area contributed by atoms with E-state index in [-0.39, 0.29) is 54.3 Å². The van der Waals surface area contributed by atoms with Crippen LogP contribution in [0.4, 0.5) is 13.2 Å². The van der Waals surface area contributed by atoms with Gasteiger partial charge in [0.1, 0.15) is 17.9 Å². The van der Waals surface area contributed by atoms with E-state index < -0.39 is 17.9 Å². The van der Waals surface area contributed by atoms with Crippen LogP contribution in [-0.4, -0.2) is 37.0 Å². The Morgan fingerprint density at radius 3 is 2.33 bits per heavy atom. The van der Waals surface area contributed by atoms with Crippen LogP contribution in [0.1, 0.15) is 33.3 Å². The Balaban J connectivity index is 0.00000676. The molecule has 6 nitrogen and oxygen atoms in total. The number of guanidine groups is 1. The van der Waals surface area contributed by atoms with Crippen LogP contribution < -0.4 is 15.4 Å². The van der Waals surface area contributed by atoms with Crippen LogP contribution >= 0.6 is 24.0 Å². The molecule has 0 spiro atoms. The maximum absolute atomic E-state index is 12.5. The molecule has 0 unspecified atom stereocenters. The molecule has 1 aromatic rings. The van der Waals surface area contributed by atoms with Gasteiger partial charge in [-0.1, -0.05) is 18.2 Å². The van der Waals surface area contributed by atoms with Crippen LogP contribution in [0.25, 0.3) is 0 Å². The average molecular weight is 503 g/mol. The number of para-hydroxylation sites is 1. The number of rotatable bonds is 6. The molecule has 0 saturated heterocycles. The molecule has 1 rings (SSSR count). The Kier molecular flexibility index (Phi) is 10.5. The Hall–Kier alpha value is -1.72. The van der Waals surface area contributed by atoms with E-state index in [1.54, 1.807) is 26.8 Å². The van der Waals surface area contributed by atoms with Gasteiger partial charge >= 0.3 is 12.3 Å². The summed E-state index contributed by atoms with van der Waals surface area (Å²) in [6, 6.07) is 5.75. The SMILES string of the molecule is CCNC(=NCc1ccccc1OC(F)(F)F)NCC(=O)OC(C)(C)C.I. The van der Waals surface area contributed by atoms with Gasteiger partial charge in [0.05, 0.1) is 6.54 Å². The van der Waals surface area contributed by atoms with E-state index >= 15 is 0 Å². The van der Waals surface area contributed by atoms with Gasteiger partial charge in [-0.15, -0.1) is 37.1 Å². The van der Waals surface area contributed by atoms with Crippen molar-refractivity contribution < 1.29 is 27.4 Å². The molecular formula is C17H25F3IN3O3. The van der Waals surface area contributed by atoms with Gasteiger partial charge in [-0.2, -0.15) is 0 Å². The molecule has 2 N–H and O–H groups in total. The number of alkyl halides is 3. The van der Waals surface area contributed by atoms with E-state index in [1.807, 2.05) is 6.92 Å². The van der Waals surface area contributed by atoms with Crippen molar-refractivity contribution in [2.24, 2.45) is 4.99 Å². The molecule has 0 heterocycles. The van der Waals surface area contributed by atoms with Gasteiger partial charge < -0.3 is 20.1 Å². The summed E-state index contributed by atoms with van der Waals surface area (Å²) in [5.74, 6) is -0.504. The van der Waals surface area contributed by atoms with Crippen molar-refractivity contribution in [1.82, 2.24) is 10.6 Å². The maximum Gasteiger partial charge on any atom is 0.573 e. The van der Waals surface area contributed by atoms with E-state index in [0.29, 0.717) is 6.54 Å². The Bertz CT molecular complexity index is 632. The topological polar surface area (TPSA) is 72.0 Å². The summed E-state index contributed by atoms with van der Waals surface area (Å²) in [5, 5.41) is 5.69. The van der Waals surface area contributed by atoms with Gasteiger partial charge in [0.2, 0.25) is 0 Å². The number of esters is 1. The minimum absolute atomic E-state index is 0. The van der Waals surface area contributed by atoms with Crippen molar-refractivity contribution in [2.75, 3.05) is 13.1 Å². The van der Waals surface area contributed by atoms with Gasteiger partial charge in [0.25, 0.3) is 0 Å². The molecule has 0 fully saturated rings. The molecule has 0 aliphatic heterocycles. The van der Waals surface area contributed by atoms with Gasteiger partial charge in [0.15, 0.2) is 5.96 Å².